The maximum absolute atomic E-state index is 13.9. The van der Waals surface area contributed by atoms with E-state index in [9.17, 15) is 29.4 Å². The van der Waals surface area contributed by atoms with E-state index in [-0.39, 0.29) is 36.6 Å². The molecule has 2 aromatic carbocycles. The molecular formula is C51H77N7O11. The van der Waals surface area contributed by atoms with E-state index >= 15 is 0 Å². The number of carboxylic acid groups (broad SMARTS) is 1. The number of ether oxygens (including phenoxy) is 5. The molecule has 0 spiro atoms. The molecule has 5 rings (SSSR count). The van der Waals surface area contributed by atoms with E-state index in [1.165, 1.54) is 14.0 Å². The molecule has 2 saturated heterocycles. The topological polar surface area (TPSA) is 230 Å². The first-order valence-electron chi connectivity index (χ1n) is 24.3. The molecule has 3 aromatic rings. The number of ketones is 1. The van der Waals surface area contributed by atoms with Gasteiger partial charge in [-0.1, -0.05) is 63.2 Å². The van der Waals surface area contributed by atoms with Crippen LogP contribution in [0.2, 0.25) is 0 Å². The van der Waals surface area contributed by atoms with Crippen LogP contribution in [0.4, 0.5) is 10.5 Å². The summed E-state index contributed by atoms with van der Waals surface area (Å²) >= 11 is 0. The summed E-state index contributed by atoms with van der Waals surface area (Å²) in [6, 6.07) is 15.1. The highest BCUT2D eigenvalue weighted by Gasteiger charge is 2.55. The Morgan fingerprint density at radius 2 is 1.75 bits per heavy atom. The second-order valence-corrected chi connectivity index (χ2v) is 19.9. The Bertz CT molecular complexity index is 2160. The van der Waals surface area contributed by atoms with Crippen molar-refractivity contribution in [3.8, 4) is 11.3 Å². The van der Waals surface area contributed by atoms with Gasteiger partial charge >= 0.3 is 18.0 Å². The van der Waals surface area contributed by atoms with Crippen molar-refractivity contribution >= 4 is 29.5 Å². The summed E-state index contributed by atoms with van der Waals surface area (Å²) in [4.78, 5) is 56.3. The molecule has 0 aliphatic carbocycles. The highest BCUT2D eigenvalue weighted by Crippen LogP contribution is 2.40. The molecule has 382 valence electrons. The van der Waals surface area contributed by atoms with E-state index in [1.807, 2.05) is 75.1 Å². The van der Waals surface area contributed by atoms with Gasteiger partial charge in [0.15, 0.2) is 12.1 Å². The summed E-state index contributed by atoms with van der Waals surface area (Å²) in [5.41, 5.74) is 6.63. The molecule has 18 nitrogen and oxygen atoms in total. The molecule has 0 radical (unpaired) electrons. The predicted octanol–water partition coefficient (Wildman–Crippen LogP) is 5.92. The molecule has 13 atom stereocenters. The number of nitrogens with zero attached hydrogens (tertiary/aromatic N) is 5. The number of aryl methyl sites for hydroxylation is 1. The van der Waals surface area contributed by atoms with Crippen molar-refractivity contribution in [3.05, 3.63) is 66.4 Å². The van der Waals surface area contributed by atoms with E-state index in [0.717, 1.165) is 24.1 Å². The molecule has 3 unspecified atom stereocenters. The summed E-state index contributed by atoms with van der Waals surface area (Å²) in [7, 11) is 5.14. The Morgan fingerprint density at radius 1 is 1.06 bits per heavy atom. The van der Waals surface area contributed by atoms with Gasteiger partial charge in [-0.2, -0.15) is 0 Å². The summed E-state index contributed by atoms with van der Waals surface area (Å²) in [5.74, 6) is -4.81. The molecule has 2 aliphatic rings. The number of amides is 1. The fraction of sp³-hybridized carbons (Fsp3) is 0.647. The van der Waals surface area contributed by atoms with Gasteiger partial charge in [-0.05, 0) is 117 Å². The number of Topliss-reactive ketones (excluding diaryl/α,β-unsaturated/α-hetero) is 1. The third-order valence-electron chi connectivity index (χ3n) is 14.5. The number of nitrogens with one attached hydrogen (secondary N) is 1. The molecular weight excluding hydrogens is 887 g/mol. The number of aliphatic hydroxyl groups is 1. The number of nitrogens with two attached hydrogens (primary N) is 1. The van der Waals surface area contributed by atoms with Gasteiger partial charge < -0.3 is 49.8 Å². The van der Waals surface area contributed by atoms with Crippen LogP contribution in [-0.4, -0.2) is 154 Å². The maximum atomic E-state index is 13.9. The number of rotatable bonds is 26. The number of carboxylic acids is 1. The maximum Gasteiger partial charge on any atom is 0.410 e. The second-order valence-electron chi connectivity index (χ2n) is 19.9. The minimum Gasteiger partial charge on any atom is -0.481 e. The van der Waals surface area contributed by atoms with Gasteiger partial charge in [-0.15, -0.1) is 5.10 Å². The predicted molar refractivity (Wildman–Crippen MR) is 260 cm³/mol. The number of methoxy groups -OCH3 is 1. The number of carbonyl (C=O) groups is 4. The molecule has 5 N–H and O–H groups in total. The van der Waals surface area contributed by atoms with Crippen LogP contribution in [-0.2, 0) is 39.8 Å². The number of esters is 1. The van der Waals surface area contributed by atoms with E-state index in [0.29, 0.717) is 50.1 Å². The lowest BCUT2D eigenvalue weighted by Gasteiger charge is -2.47. The first-order valence-corrected chi connectivity index (χ1v) is 24.3. The number of aliphatic carboxylic acids is 1. The number of hydrogen-bond donors (Lipinski definition) is 4. The highest BCUT2D eigenvalue weighted by atomic mass is 16.7. The average Bonchev–Trinajstić information content (AvgIpc) is 3.91. The minimum absolute atomic E-state index is 0.0561. The van der Waals surface area contributed by atoms with Crippen molar-refractivity contribution in [1.29, 1.82) is 0 Å². The Hall–Kier alpha value is -4.98. The molecule has 18 heteroatoms. The number of hydrogen-bond acceptors (Lipinski definition) is 15. The lowest BCUT2D eigenvalue weighted by Crippen LogP contribution is -2.60. The van der Waals surface area contributed by atoms with Crippen molar-refractivity contribution in [2.75, 3.05) is 46.6 Å². The van der Waals surface area contributed by atoms with E-state index in [4.69, 9.17) is 29.4 Å². The number of unbranched alkanes of at least 4 members (excludes halogenated alkanes) is 1. The van der Waals surface area contributed by atoms with Crippen molar-refractivity contribution in [1.82, 2.24) is 30.1 Å². The Kier molecular flexibility index (Phi) is 19.3. The number of anilines is 1. The van der Waals surface area contributed by atoms with Crippen LogP contribution in [0.15, 0.2) is 60.8 Å². The fourth-order valence-corrected chi connectivity index (χ4v) is 9.98. The van der Waals surface area contributed by atoms with E-state index in [1.54, 1.807) is 41.9 Å². The minimum atomic E-state index is -1.35. The number of aliphatic hydroxyl groups excluding tert-OH is 1. The van der Waals surface area contributed by atoms with Crippen molar-refractivity contribution in [2.24, 2.45) is 23.7 Å². The first-order chi connectivity index (χ1) is 32.6. The quantitative estimate of drug-likeness (QED) is 0.0317. The van der Waals surface area contributed by atoms with E-state index in [2.05, 4.69) is 36.4 Å². The molecule has 0 bridgehead atoms. The average molecular weight is 964 g/mol. The zero-order valence-electron chi connectivity index (χ0n) is 42.4. The van der Waals surface area contributed by atoms with Crippen molar-refractivity contribution in [3.63, 3.8) is 0 Å². The Labute approximate surface area is 407 Å². The lowest BCUT2D eigenvalue weighted by atomic mass is 9.78. The smallest absolute Gasteiger partial charge is 0.410 e. The Balaban J connectivity index is 1.30. The second kappa shape index (κ2) is 24.2. The molecule has 1 amide bonds. The molecule has 69 heavy (non-hydrogen) atoms. The van der Waals surface area contributed by atoms with Crippen LogP contribution in [0.1, 0.15) is 97.9 Å². The van der Waals surface area contributed by atoms with Gasteiger partial charge in [0.25, 0.3) is 0 Å². The largest absolute Gasteiger partial charge is 0.481 e. The van der Waals surface area contributed by atoms with Crippen LogP contribution in [0, 0.1) is 23.7 Å². The zero-order chi connectivity index (χ0) is 50.8. The summed E-state index contributed by atoms with van der Waals surface area (Å²) in [6.07, 6.45) is 0.165. The Morgan fingerprint density at radius 3 is 2.39 bits per heavy atom. The monoisotopic (exact) mass is 964 g/mol. The molecule has 2 fully saturated rings. The number of aromatic nitrogens is 3. The third kappa shape index (κ3) is 13.5. The van der Waals surface area contributed by atoms with E-state index < -0.39 is 71.4 Å². The van der Waals surface area contributed by atoms with Crippen LogP contribution < -0.4 is 11.1 Å². The van der Waals surface area contributed by atoms with Crippen molar-refractivity contribution in [2.45, 2.75) is 148 Å². The number of cyclic esters (lactones) is 1. The molecule has 0 saturated carbocycles. The van der Waals surface area contributed by atoms with Gasteiger partial charge in [0.2, 0.25) is 0 Å². The SMILES string of the molecule is CC[C@@H](C)[C@@]1(C)OC(=O)N(CCCCn2cc(-c3cccc(N)c3)nn2)[C@@H]1[C@@H](C)NC[C@H](C)C[C@@](C)(OC)[C@H](O[C@@H]1OC(COC(=O)c2ccccc2)CC(N(C)C)C1O)[C@@H](C)C(=O)[C@@H](C)C(=O)O. The summed E-state index contributed by atoms with van der Waals surface area (Å²) in [6.45, 7) is 16.5. The summed E-state index contributed by atoms with van der Waals surface area (Å²) in [5, 5.41) is 34.0. The highest BCUT2D eigenvalue weighted by molar-refractivity contribution is 5.99. The number of nitrogen functional groups attached to an aromatic ring is 1. The van der Waals surface area contributed by atoms with Crippen LogP contribution in [0.5, 0.6) is 0 Å². The van der Waals surface area contributed by atoms with Crippen molar-refractivity contribution < 1.29 is 53.1 Å². The first kappa shape index (κ1) is 55.0. The van der Waals surface area contributed by atoms with Crippen LogP contribution in [0.25, 0.3) is 11.3 Å². The van der Waals surface area contributed by atoms with Gasteiger partial charge in [0.05, 0.1) is 35.6 Å². The number of likely N-dealkylation sites (N-methyl/N-ethyl adjacent to an activating group) is 1. The zero-order valence-corrected chi connectivity index (χ0v) is 42.4. The van der Waals surface area contributed by atoms with Gasteiger partial charge in [0, 0.05) is 49.5 Å². The standard InChI is InChI=1S/C51H77N7O11/c1-12-32(3)51(8)44(58(49(64)69-51)24-17-16-23-57-29-40(54-55-57)37-21-18-22-38(52)25-37)35(6)53-28-31(2)27-50(7,65-11)45(33(4)42(59)34(5)46(61)62)68-48-43(60)41(56(9)10)26-39(67-48)30-66-47(63)36-19-14-13-15-20-36/h13-15,18-22,25,29,31-35,39,41,43-45,48,53,60H,12,16-17,23-24,26-28,30,52H2,1-11H3,(H,61,62)/t31-,32-,33+,34-,35-,39?,41?,43?,44-,45-,48+,50-,51-/m1/s1. The third-order valence-corrected chi connectivity index (χ3v) is 14.5. The molecule has 1 aromatic heterocycles. The van der Waals surface area contributed by atoms with Gasteiger partial charge in [-0.3, -0.25) is 19.2 Å². The van der Waals surface area contributed by atoms with Crippen LogP contribution in [0.3, 0.4) is 0 Å². The normalized spacial score (nSPS) is 25.3. The molecule has 3 heterocycles. The fourth-order valence-electron chi connectivity index (χ4n) is 9.98. The molecule has 2 aliphatic heterocycles. The lowest BCUT2D eigenvalue weighted by molar-refractivity contribution is -0.300. The number of benzene rings is 2. The summed E-state index contributed by atoms with van der Waals surface area (Å²) < 4.78 is 33.0. The number of carbonyl (C=O) groups excluding carboxylic acids is 3. The van der Waals surface area contributed by atoms with Crippen LogP contribution >= 0.6 is 0 Å². The van der Waals surface area contributed by atoms with Gasteiger partial charge in [0.1, 0.15) is 29.9 Å². The van der Waals surface area contributed by atoms with Gasteiger partial charge in [-0.25, -0.2) is 9.59 Å².